The highest BCUT2D eigenvalue weighted by atomic mass is 16.1. The normalized spacial score (nSPS) is 13.0. The minimum absolute atomic E-state index is 0.00584. The maximum absolute atomic E-state index is 11.9. The molecule has 1 aliphatic rings. The molecule has 0 atom stereocenters. The largest absolute Gasteiger partial charge is 0.359 e. The monoisotopic (exact) mass is 502 g/mol. The first kappa shape index (κ1) is 23.9. The Hall–Kier alpha value is -4.52. The summed E-state index contributed by atoms with van der Waals surface area (Å²) < 4.78 is 3.79. The van der Waals surface area contributed by atoms with Crippen LogP contribution in [0.2, 0.25) is 0 Å². The molecule has 1 saturated carbocycles. The summed E-state index contributed by atoms with van der Waals surface area (Å²) in [5.41, 5.74) is 9.50. The molecule has 3 aromatic carbocycles. The van der Waals surface area contributed by atoms with Crippen LogP contribution in [0.4, 0.5) is 0 Å². The van der Waals surface area contributed by atoms with Crippen molar-refractivity contribution < 1.29 is 4.79 Å². The smallest absolute Gasteiger partial charge is 0.220 e. The molecular formula is C31H30N6O. The van der Waals surface area contributed by atoms with Crippen LogP contribution in [-0.2, 0) is 11.2 Å². The van der Waals surface area contributed by atoms with E-state index in [1.54, 1.807) is 7.05 Å². The number of nitrogens with zero attached hydrogens (tertiary/aromatic N) is 5. The molecule has 2 aromatic heterocycles. The lowest BCUT2D eigenvalue weighted by Gasteiger charge is -2.10. The number of carbonyl (C=O) groups excluding carboxylic acids is 1. The summed E-state index contributed by atoms with van der Waals surface area (Å²) in [6.07, 6.45) is 5.40. The summed E-state index contributed by atoms with van der Waals surface area (Å²) in [5, 5.41) is 16.2. The van der Waals surface area contributed by atoms with Gasteiger partial charge >= 0.3 is 0 Å². The summed E-state index contributed by atoms with van der Waals surface area (Å²) >= 11 is 0. The second-order valence-corrected chi connectivity index (χ2v) is 9.93. The highest BCUT2D eigenvalue weighted by Gasteiger charge is 2.26. The Morgan fingerprint density at radius 2 is 1.53 bits per heavy atom. The average molecular weight is 503 g/mol. The number of benzene rings is 3. The van der Waals surface area contributed by atoms with Gasteiger partial charge in [0, 0.05) is 31.4 Å². The van der Waals surface area contributed by atoms with Crippen molar-refractivity contribution in [1.29, 1.82) is 0 Å². The van der Waals surface area contributed by atoms with Gasteiger partial charge in [0.2, 0.25) is 5.91 Å². The number of hydrogen-bond acceptors (Lipinski definition) is 4. The number of aryl methyl sites for hydroxylation is 2. The number of hydrogen-bond donors (Lipinski definition) is 1. The summed E-state index contributed by atoms with van der Waals surface area (Å²) in [7, 11) is 1.66. The van der Waals surface area contributed by atoms with Gasteiger partial charge in [-0.25, -0.2) is 9.36 Å². The number of amides is 1. The zero-order valence-corrected chi connectivity index (χ0v) is 21.6. The third-order valence-corrected chi connectivity index (χ3v) is 7.08. The third kappa shape index (κ3) is 5.00. The summed E-state index contributed by atoms with van der Waals surface area (Å²) in [6.45, 7) is 2.10. The van der Waals surface area contributed by atoms with Crippen molar-refractivity contribution in [3.8, 4) is 33.8 Å². The van der Waals surface area contributed by atoms with Crippen LogP contribution in [0, 0.1) is 6.92 Å². The van der Waals surface area contributed by atoms with Gasteiger partial charge in [-0.1, -0.05) is 59.3 Å². The van der Waals surface area contributed by atoms with Crippen LogP contribution in [0.5, 0.6) is 0 Å². The molecule has 1 aliphatic carbocycles. The first-order valence-corrected chi connectivity index (χ1v) is 13.1. The van der Waals surface area contributed by atoms with Gasteiger partial charge in [0.25, 0.3) is 0 Å². The summed E-state index contributed by atoms with van der Waals surface area (Å²) in [5.74, 6) is 0.576. The van der Waals surface area contributed by atoms with Crippen LogP contribution in [-0.4, -0.2) is 37.7 Å². The van der Waals surface area contributed by atoms with Crippen LogP contribution in [0.25, 0.3) is 33.8 Å². The zero-order chi connectivity index (χ0) is 26.1. The molecule has 1 fully saturated rings. The van der Waals surface area contributed by atoms with Crippen LogP contribution in [0.15, 0.2) is 85.1 Å². The average Bonchev–Trinajstić information content (AvgIpc) is 3.53. The molecule has 0 unspecified atom stereocenters. The van der Waals surface area contributed by atoms with Crippen molar-refractivity contribution in [2.45, 2.75) is 38.5 Å². The fraction of sp³-hybridized carbons (Fsp3) is 0.226. The van der Waals surface area contributed by atoms with Crippen molar-refractivity contribution >= 4 is 5.91 Å². The van der Waals surface area contributed by atoms with Gasteiger partial charge in [-0.3, -0.25) is 4.79 Å². The Morgan fingerprint density at radius 3 is 2.18 bits per heavy atom. The van der Waals surface area contributed by atoms with Crippen molar-refractivity contribution in [3.05, 3.63) is 102 Å². The van der Waals surface area contributed by atoms with Gasteiger partial charge in [-0.2, -0.15) is 5.10 Å². The van der Waals surface area contributed by atoms with Crippen LogP contribution >= 0.6 is 0 Å². The first-order valence-electron chi connectivity index (χ1n) is 13.1. The van der Waals surface area contributed by atoms with Crippen molar-refractivity contribution in [1.82, 2.24) is 30.1 Å². The second-order valence-electron chi connectivity index (χ2n) is 9.93. The van der Waals surface area contributed by atoms with Gasteiger partial charge in [-0.05, 0) is 61.2 Å². The summed E-state index contributed by atoms with van der Waals surface area (Å²) in [6, 6.07) is 27.4. The Labute approximate surface area is 222 Å². The van der Waals surface area contributed by atoms with Crippen molar-refractivity contribution in [2.24, 2.45) is 0 Å². The predicted octanol–water partition coefficient (Wildman–Crippen LogP) is 5.65. The SMILES string of the molecule is CNC(=O)CCc1cc(-c2ccc(-c3ccc(C)cc3)cc2)n(-c2ccc(-n3cc(C4CC4)nn3)cc2)n1. The van der Waals surface area contributed by atoms with Crippen molar-refractivity contribution in [2.75, 3.05) is 7.05 Å². The van der Waals surface area contributed by atoms with Crippen molar-refractivity contribution in [3.63, 3.8) is 0 Å². The van der Waals surface area contributed by atoms with Gasteiger partial charge in [-0.15, -0.1) is 5.10 Å². The lowest BCUT2D eigenvalue weighted by atomic mass is 10.0. The molecule has 0 saturated heterocycles. The molecule has 6 rings (SSSR count). The molecule has 7 heteroatoms. The lowest BCUT2D eigenvalue weighted by molar-refractivity contribution is -0.120. The Morgan fingerprint density at radius 1 is 0.895 bits per heavy atom. The lowest BCUT2D eigenvalue weighted by Crippen LogP contribution is -2.18. The van der Waals surface area contributed by atoms with Crippen LogP contribution in [0.3, 0.4) is 0 Å². The third-order valence-electron chi connectivity index (χ3n) is 7.08. The van der Waals surface area contributed by atoms with Gasteiger partial charge in [0.15, 0.2) is 0 Å². The molecule has 1 N–H and O–H groups in total. The molecule has 1 amide bonds. The molecule has 190 valence electrons. The van der Waals surface area contributed by atoms with Gasteiger partial charge in [0.05, 0.1) is 34.7 Å². The number of carbonyl (C=O) groups is 1. The van der Waals surface area contributed by atoms with E-state index in [0.29, 0.717) is 18.8 Å². The molecule has 0 bridgehead atoms. The number of nitrogens with one attached hydrogen (secondary N) is 1. The van der Waals surface area contributed by atoms with E-state index in [1.807, 2.05) is 39.8 Å². The Kier molecular flexibility index (Phi) is 6.33. The van der Waals surface area contributed by atoms with Gasteiger partial charge < -0.3 is 5.32 Å². The fourth-order valence-corrected chi connectivity index (χ4v) is 4.62. The quantitative estimate of drug-likeness (QED) is 0.297. The van der Waals surface area contributed by atoms with E-state index in [9.17, 15) is 4.79 Å². The first-order chi connectivity index (χ1) is 18.6. The Bertz CT molecular complexity index is 1560. The van der Waals surface area contributed by atoms with Gasteiger partial charge in [0.1, 0.15) is 0 Å². The topological polar surface area (TPSA) is 77.6 Å². The molecule has 0 aliphatic heterocycles. The van der Waals surface area contributed by atoms with E-state index < -0.39 is 0 Å². The molecule has 38 heavy (non-hydrogen) atoms. The van der Waals surface area contributed by atoms with E-state index in [4.69, 9.17) is 5.10 Å². The maximum Gasteiger partial charge on any atom is 0.220 e. The van der Waals surface area contributed by atoms with E-state index in [-0.39, 0.29) is 5.91 Å². The Balaban J connectivity index is 1.31. The van der Waals surface area contributed by atoms with E-state index >= 15 is 0 Å². The zero-order valence-electron chi connectivity index (χ0n) is 21.6. The highest BCUT2D eigenvalue weighted by Crippen LogP contribution is 2.38. The molecule has 0 radical (unpaired) electrons. The molecule has 0 spiro atoms. The minimum atomic E-state index is 0.00584. The molecule has 7 nitrogen and oxygen atoms in total. The minimum Gasteiger partial charge on any atom is -0.359 e. The predicted molar refractivity (Wildman–Crippen MR) is 148 cm³/mol. The molecule has 5 aromatic rings. The van der Waals surface area contributed by atoms with E-state index in [2.05, 4.69) is 77.1 Å². The second kappa shape index (κ2) is 10.1. The van der Waals surface area contributed by atoms with Crippen LogP contribution < -0.4 is 5.32 Å². The van der Waals surface area contributed by atoms with Crippen LogP contribution in [0.1, 0.15) is 42.1 Å². The number of rotatable bonds is 8. The fourth-order valence-electron chi connectivity index (χ4n) is 4.62. The summed E-state index contributed by atoms with van der Waals surface area (Å²) in [4.78, 5) is 11.9. The highest BCUT2D eigenvalue weighted by molar-refractivity contribution is 5.76. The number of aromatic nitrogens is 5. The van der Waals surface area contributed by atoms with E-state index in [0.717, 1.165) is 34.0 Å². The molecular weight excluding hydrogens is 472 g/mol. The maximum atomic E-state index is 11.9. The van der Waals surface area contributed by atoms with E-state index in [1.165, 1.54) is 29.5 Å². The molecule has 2 heterocycles. The standard InChI is InChI=1S/C31H30N6O/c1-21-3-5-22(6-4-21)23-7-11-25(12-8-23)30-19-26(13-18-31(38)32-2)34-37(30)28-16-14-27(15-17-28)36-20-29(33-35-36)24-9-10-24/h3-8,11-12,14-17,19-20,24H,9-10,13,18H2,1-2H3,(H,32,38).